The first-order chi connectivity index (χ1) is 5.88. The van der Waals surface area contributed by atoms with Gasteiger partial charge in [0.2, 0.25) is 5.90 Å². The van der Waals surface area contributed by atoms with Gasteiger partial charge >= 0.3 is 0 Å². The second-order valence-electron chi connectivity index (χ2n) is 2.37. The van der Waals surface area contributed by atoms with Crippen molar-refractivity contribution in [3.63, 3.8) is 0 Å². The number of halogens is 1. The standard InChI is InChI=1S/C8H7BrN2O/c9-6-2-1-3-10-7(6)8-11-4-5-12-8/h1-3H,4-5H2. The molecule has 0 bridgehead atoms. The van der Waals surface area contributed by atoms with Crippen molar-refractivity contribution in [2.75, 3.05) is 13.2 Å². The number of hydrogen-bond donors (Lipinski definition) is 0. The number of aliphatic imine (C=N–C) groups is 1. The molecule has 2 rings (SSSR count). The highest BCUT2D eigenvalue weighted by molar-refractivity contribution is 9.10. The van der Waals surface area contributed by atoms with Gasteiger partial charge in [0.25, 0.3) is 0 Å². The molecule has 0 saturated carbocycles. The molecule has 1 aliphatic heterocycles. The molecule has 12 heavy (non-hydrogen) atoms. The fraction of sp³-hybridized carbons (Fsp3) is 0.250. The predicted octanol–water partition coefficient (Wildman–Crippen LogP) is 1.62. The van der Waals surface area contributed by atoms with Crippen molar-refractivity contribution in [1.29, 1.82) is 0 Å². The van der Waals surface area contributed by atoms with Crippen molar-refractivity contribution in [2.24, 2.45) is 4.99 Å². The minimum absolute atomic E-state index is 0.641. The van der Waals surface area contributed by atoms with Crippen molar-refractivity contribution in [2.45, 2.75) is 0 Å². The van der Waals surface area contributed by atoms with Gasteiger partial charge in [-0.3, -0.25) is 4.98 Å². The highest BCUT2D eigenvalue weighted by Crippen LogP contribution is 2.16. The largest absolute Gasteiger partial charge is 0.474 e. The molecule has 0 fully saturated rings. The Balaban J connectivity index is 2.39. The molecule has 0 N–H and O–H groups in total. The first-order valence-corrected chi connectivity index (χ1v) is 4.45. The number of pyridine rings is 1. The Morgan fingerprint density at radius 1 is 1.50 bits per heavy atom. The van der Waals surface area contributed by atoms with E-state index in [4.69, 9.17) is 4.74 Å². The molecule has 0 radical (unpaired) electrons. The minimum atomic E-state index is 0.641. The number of ether oxygens (including phenoxy) is 1. The highest BCUT2D eigenvalue weighted by Gasteiger charge is 2.13. The summed E-state index contributed by atoms with van der Waals surface area (Å²) in [6, 6.07) is 3.79. The molecular formula is C8H7BrN2O. The first-order valence-electron chi connectivity index (χ1n) is 3.66. The SMILES string of the molecule is Brc1cccnc1C1=NCCO1. The van der Waals surface area contributed by atoms with Crippen LogP contribution in [0.2, 0.25) is 0 Å². The monoisotopic (exact) mass is 226 g/mol. The summed E-state index contributed by atoms with van der Waals surface area (Å²) >= 11 is 3.38. The minimum Gasteiger partial charge on any atom is -0.474 e. The Labute approximate surface area is 78.6 Å². The van der Waals surface area contributed by atoms with E-state index in [1.54, 1.807) is 6.20 Å². The second kappa shape index (κ2) is 3.23. The van der Waals surface area contributed by atoms with Gasteiger partial charge in [0.15, 0.2) is 0 Å². The summed E-state index contributed by atoms with van der Waals surface area (Å²) in [7, 11) is 0. The van der Waals surface area contributed by atoms with Gasteiger partial charge in [-0.25, -0.2) is 4.99 Å². The van der Waals surface area contributed by atoms with Gasteiger partial charge in [0, 0.05) is 10.7 Å². The van der Waals surface area contributed by atoms with E-state index in [9.17, 15) is 0 Å². The molecule has 0 atom stereocenters. The maximum absolute atomic E-state index is 5.28. The lowest BCUT2D eigenvalue weighted by Gasteiger charge is -2.01. The van der Waals surface area contributed by atoms with Crippen molar-refractivity contribution in [1.82, 2.24) is 4.98 Å². The van der Waals surface area contributed by atoms with Crippen LogP contribution in [0, 0.1) is 0 Å². The van der Waals surface area contributed by atoms with E-state index in [2.05, 4.69) is 25.9 Å². The van der Waals surface area contributed by atoms with E-state index in [0.717, 1.165) is 16.7 Å². The van der Waals surface area contributed by atoms with Crippen molar-refractivity contribution >= 4 is 21.8 Å². The van der Waals surface area contributed by atoms with Crippen LogP contribution in [0.5, 0.6) is 0 Å². The molecule has 0 spiro atoms. The van der Waals surface area contributed by atoms with Crippen LogP contribution < -0.4 is 0 Å². The van der Waals surface area contributed by atoms with Crippen LogP contribution >= 0.6 is 15.9 Å². The molecule has 0 unspecified atom stereocenters. The molecule has 4 heteroatoms. The molecule has 1 aromatic heterocycles. The Bertz CT molecular complexity index is 325. The van der Waals surface area contributed by atoms with Crippen molar-refractivity contribution in [3.05, 3.63) is 28.5 Å². The zero-order valence-corrected chi connectivity index (χ0v) is 7.91. The van der Waals surface area contributed by atoms with E-state index >= 15 is 0 Å². The molecule has 2 heterocycles. The molecule has 0 saturated heterocycles. The fourth-order valence-electron chi connectivity index (χ4n) is 1.02. The summed E-state index contributed by atoms with van der Waals surface area (Å²) in [6.45, 7) is 1.40. The topological polar surface area (TPSA) is 34.5 Å². The summed E-state index contributed by atoms with van der Waals surface area (Å²) < 4.78 is 6.20. The van der Waals surface area contributed by atoms with E-state index in [1.165, 1.54) is 0 Å². The van der Waals surface area contributed by atoms with Crippen LogP contribution in [0.25, 0.3) is 0 Å². The number of nitrogens with zero attached hydrogens (tertiary/aromatic N) is 2. The van der Waals surface area contributed by atoms with Crippen LogP contribution in [0.15, 0.2) is 27.8 Å². The highest BCUT2D eigenvalue weighted by atomic mass is 79.9. The molecular weight excluding hydrogens is 220 g/mol. The third-order valence-corrected chi connectivity index (χ3v) is 2.19. The average Bonchev–Trinajstić information content (AvgIpc) is 2.57. The van der Waals surface area contributed by atoms with E-state index < -0.39 is 0 Å². The molecule has 1 aliphatic rings. The summed E-state index contributed by atoms with van der Waals surface area (Å²) in [5, 5.41) is 0. The first kappa shape index (κ1) is 7.73. The van der Waals surface area contributed by atoms with Gasteiger partial charge in [0.05, 0.1) is 6.54 Å². The number of hydrogen-bond acceptors (Lipinski definition) is 3. The van der Waals surface area contributed by atoms with Gasteiger partial charge in [-0.1, -0.05) is 0 Å². The maximum Gasteiger partial charge on any atom is 0.236 e. The Kier molecular flexibility index (Phi) is 2.08. The van der Waals surface area contributed by atoms with Crippen LogP contribution in [0.1, 0.15) is 5.69 Å². The molecule has 3 nitrogen and oxygen atoms in total. The zero-order chi connectivity index (χ0) is 8.39. The zero-order valence-electron chi connectivity index (χ0n) is 6.33. The quantitative estimate of drug-likeness (QED) is 0.730. The molecule has 0 amide bonds. The summed E-state index contributed by atoms with van der Waals surface area (Å²) in [5.41, 5.74) is 0.787. The van der Waals surface area contributed by atoms with Gasteiger partial charge in [-0.2, -0.15) is 0 Å². The Morgan fingerprint density at radius 3 is 3.08 bits per heavy atom. The lowest BCUT2D eigenvalue weighted by Crippen LogP contribution is -2.04. The molecule has 0 aliphatic carbocycles. The summed E-state index contributed by atoms with van der Waals surface area (Å²) in [5.74, 6) is 0.641. The number of rotatable bonds is 1. The summed E-state index contributed by atoms with van der Waals surface area (Å²) in [4.78, 5) is 8.33. The predicted molar refractivity (Wildman–Crippen MR) is 49.3 cm³/mol. The van der Waals surface area contributed by atoms with E-state index in [0.29, 0.717) is 12.5 Å². The molecule has 62 valence electrons. The maximum atomic E-state index is 5.28. The van der Waals surface area contributed by atoms with Gasteiger partial charge in [0.1, 0.15) is 12.3 Å². The molecule has 0 aromatic carbocycles. The average molecular weight is 227 g/mol. The van der Waals surface area contributed by atoms with Crippen LogP contribution in [0.4, 0.5) is 0 Å². The van der Waals surface area contributed by atoms with E-state index in [1.807, 2.05) is 12.1 Å². The lowest BCUT2D eigenvalue weighted by atomic mass is 10.3. The normalized spacial score (nSPS) is 15.6. The van der Waals surface area contributed by atoms with E-state index in [-0.39, 0.29) is 0 Å². The smallest absolute Gasteiger partial charge is 0.236 e. The Morgan fingerprint density at radius 2 is 2.42 bits per heavy atom. The summed E-state index contributed by atoms with van der Waals surface area (Å²) in [6.07, 6.45) is 1.73. The molecule has 1 aromatic rings. The third kappa shape index (κ3) is 1.34. The Hall–Kier alpha value is -0.900. The number of aromatic nitrogens is 1. The van der Waals surface area contributed by atoms with Gasteiger partial charge in [-0.05, 0) is 28.1 Å². The van der Waals surface area contributed by atoms with Crippen LogP contribution in [-0.4, -0.2) is 24.0 Å². The van der Waals surface area contributed by atoms with Crippen LogP contribution in [-0.2, 0) is 4.74 Å². The van der Waals surface area contributed by atoms with Crippen molar-refractivity contribution < 1.29 is 4.74 Å². The lowest BCUT2D eigenvalue weighted by molar-refractivity contribution is 0.347. The second-order valence-corrected chi connectivity index (χ2v) is 3.22. The van der Waals surface area contributed by atoms with Crippen LogP contribution in [0.3, 0.4) is 0 Å². The third-order valence-electron chi connectivity index (χ3n) is 1.55. The van der Waals surface area contributed by atoms with Crippen molar-refractivity contribution in [3.8, 4) is 0 Å². The van der Waals surface area contributed by atoms with Gasteiger partial charge in [-0.15, -0.1) is 0 Å². The van der Waals surface area contributed by atoms with Gasteiger partial charge < -0.3 is 4.74 Å². The fourth-order valence-corrected chi connectivity index (χ4v) is 1.45.